The number of ether oxygens (including phenoxy) is 2. The van der Waals surface area contributed by atoms with E-state index < -0.39 is 56.8 Å². The van der Waals surface area contributed by atoms with Gasteiger partial charge in [0.15, 0.2) is 6.10 Å². The standard InChI is InChI=1S/C17H27F2N4O8P/c1-4-29-14(25)10(7-9(2)3)23(32(27)28)30-8-11-13(24)17(18,19)15(31-11)22-6-5-12(20)21-16(22)26/h5-6,9-11,13,15,24,32H,4,7-8H2,1-3H3,(H,27,28)(H2,20,21,26)/t10-,11+,13+,15+/m0/s1. The van der Waals surface area contributed by atoms with Crippen LogP contribution < -0.4 is 11.4 Å². The van der Waals surface area contributed by atoms with E-state index in [2.05, 4.69) is 4.98 Å². The van der Waals surface area contributed by atoms with Crippen LogP contribution in [0.2, 0.25) is 0 Å². The third-order valence-electron chi connectivity index (χ3n) is 4.59. The minimum atomic E-state index is -3.93. The molecule has 15 heteroatoms. The first-order chi connectivity index (χ1) is 14.9. The maximum Gasteiger partial charge on any atom is 0.351 e. The molecule has 0 radical (unpaired) electrons. The Labute approximate surface area is 182 Å². The lowest BCUT2D eigenvalue weighted by molar-refractivity contribution is -0.185. The molecular weight excluding hydrogens is 457 g/mol. The Bertz CT molecular complexity index is 886. The number of aromatic nitrogens is 2. The molecule has 1 aromatic heterocycles. The number of nitrogens with two attached hydrogens (primary N) is 1. The molecule has 1 saturated heterocycles. The Morgan fingerprint density at radius 3 is 2.69 bits per heavy atom. The highest BCUT2D eigenvalue weighted by molar-refractivity contribution is 7.35. The second-order valence-electron chi connectivity index (χ2n) is 7.49. The van der Waals surface area contributed by atoms with Gasteiger partial charge in [-0.1, -0.05) is 13.8 Å². The summed E-state index contributed by atoms with van der Waals surface area (Å²) in [5.74, 6) is -5.05. The Balaban J connectivity index is 2.21. The first-order valence-electron chi connectivity index (χ1n) is 9.77. The number of aliphatic hydroxyl groups is 1. The number of hydrogen-bond acceptors (Lipinski definition) is 9. The van der Waals surface area contributed by atoms with Crippen molar-refractivity contribution in [3.8, 4) is 0 Å². The van der Waals surface area contributed by atoms with Crippen LogP contribution in [0.15, 0.2) is 17.1 Å². The van der Waals surface area contributed by atoms with Crippen LogP contribution in [0.25, 0.3) is 0 Å². The number of aliphatic hydroxyl groups excluding tert-OH is 1. The summed E-state index contributed by atoms with van der Waals surface area (Å²) in [4.78, 5) is 42.9. The molecule has 1 fully saturated rings. The highest BCUT2D eigenvalue weighted by Crippen LogP contribution is 2.42. The van der Waals surface area contributed by atoms with Crippen LogP contribution >= 0.6 is 8.18 Å². The van der Waals surface area contributed by atoms with E-state index in [0.717, 1.165) is 12.3 Å². The third-order valence-corrected chi connectivity index (χ3v) is 5.40. The zero-order valence-corrected chi connectivity index (χ0v) is 18.7. The molecule has 32 heavy (non-hydrogen) atoms. The zero-order chi connectivity index (χ0) is 24.2. The van der Waals surface area contributed by atoms with Crippen molar-refractivity contribution >= 4 is 20.0 Å². The second-order valence-corrected chi connectivity index (χ2v) is 8.50. The lowest BCUT2D eigenvalue weighted by Gasteiger charge is -2.28. The predicted octanol–water partition coefficient (Wildman–Crippen LogP) is 0.312. The molecule has 2 rings (SSSR count). The van der Waals surface area contributed by atoms with Crippen LogP contribution in [0.1, 0.15) is 33.4 Å². The first-order valence-corrected chi connectivity index (χ1v) is 11.1. The molecule has 1 unspecified atom stereocenters. The van der Waals surface area contributed by atoms with Gasteiger partial charge in [0, 0.05) is 6.20 Å². The molecule has 0 aliphatic carbocycles. The molecule has 2 heterocycles. The zero-order valence-electron chi connectivity index (χ0n) is 17.7. The van der Waals surface area contributed by atoms with E-state index >= 15 is 0 Å². The van der Waals surface area contributed by atoms with Crippen LogP contribution in [0, 0.1) is 5.92 Å². The molecule has 4 N–H and O–H groups in total. The van der Waals surface area contributed by atoms with Gasteiger partial charge in [0.1, 0.15) is 18.0 Å². The molecule has 1 aliphatic heterocycles. The molecule has 0 bridgehead atoms. The van der Waals surface area contributed by atoms with Crippen LogP contribution in [-0.4, -0.2) is 67.7 Å². The van der Waals surface area contributed by atoms with E-state index in [4.69, 9.17) is 20.0 Å². The smallest absolute Gasteiger partial charge is 0.351 e. The Morgan fingerprint density at radius 1 is 1.50 bits per heavy atom. The predicted molar refractivity (Wildman–Crippen MR) is 107 cm³/mol. The average Bonchev–Trinajstić information content (AvgIpc) is 2.90. The van der Waals surface area contributed by atoms with Crippen molar-refractivity contribution in [3.05, 3.63) is 22.7 Å². The number of esters is 1. The minimum Gasteiger partial charge on any atom is -0.465 e. The van der Waals surface area contributed by atoms with Gasteiger partial charge in [0.25, 0.3) is 8.18 Å². The second kappa shape index (κ2) is 10.8. The fourth-order valence-electron chi connectivity index (χ4n) is 3.12. The van der Waals surface area contributed by atoms with Crippen molar-refractivity contribution < 1.29 is 42.5 Å². The maximum atomic E-state index is 14.6. The Morgan fingerprint density at radius 2 is 2.16 bits per heavy atom. The van der Waals surface area contributed by atoms with E-state index in [-0.39, 0.29) is 24.8 Å². The number of nitrogens with zero attached hydrogens (tertiary/aromatic N) is 3. The summed E-state index contributed by atoms with van der Waals surface area (Å²) >= 11 is 0. The number of nitrogen functional groups attached to an aromatic ring is 1. The lowest BCUT2D eigenvalue weighted by Crippen LogP contribution is -2.44. The third kappa shape index (κ3) is 5.88. The molecule has 1 aromatic rings. The first kappa shape index (κ1) is 26.3. The number of carbonyl (C=O) groups is 1. The van der Waals surface area contributed by atoms with Crippen LogP contribution in [-0.2, 0) is 23.7 Å². The molecular formula is C17H27F2N4O8P. The molecule has 5 atom stereocenters. The summed E-state index contributed by atoms with van der Waals surface area (Å²) < 4.78 is 51.6. The number of carbonyl (C=O) groups excluding carboxylic acids is 1. The van der Waals surface area contributed by atoms with E-state index in [1.807, 2.05) is 0 Å². The quantitative estimate of drug-likeness (QED) is 0.238. The van der Waals surface area contributed by atoms with E-state index in [0.29, 0.717) is 9.40 Å². The summed E-state index contributed by atoms with van der Waals surface area (Å²) in [6.07, 6.45) is -5.33. The van der Waals surface area contributed by atoms with Gasteiger partial charge in [-0.15, -0.1) is 4.83 Å². The largest absolute Gasteiger partial charge is 0.465 e. The summed E-state index contributed by atoms with van der Waals surface area (Å²) in [5, 5.41) is 10.1. The summed E-state index contributed by atoms with van der Waals surface area (Å²) in [7, 11) is -3.64. The highest BCUT2D eigenvalue weighted by Gasteiger charge is 2.60. The van der Waals surface area contributed by atoms with Crippen molar-refractivity contribution in [2.45, 2.75) is 57.6 Å². The van der Waals surface area contributed by atoms with Crippen molar-refractivity contribution in [2.24, 2.45) is 5.92 Å². The number of rotatable bonds is 10. The number of alkyl halides is 2. The average molecular weight is 484 g/mol. The van der Waals surface area contributed by atoms with Crippen molar-refractivity contribution in [1.82, 2.24) is 14.4 Å². The number of hydroxylamine groups is 1. The van der Waals surface area contributed by atoms with Crippen LogP contribution in [0.4, 0.5) is 14.6 Å². The fourth-order valence-corrected chi connectivity index (χ4v) is 3.78. The normalized spacial score (nSPS) is 24.6. The minimum absolute atomic E-state index is 0.0103. The Hall–Kier alpha value is -1.96. The SMILES string of the molecule is CCOC(=O)[C@H](CC(C)C)N(OC[C@H]1O[C@@H](n2ccc(N)nc2=O)C(F)(F)[C@@H]1O)[PH](=O)O. The monoisotopic (exact) mass is 484 g/mol. The van der Waals surface area contributed by atoms with Gasteiger partial charge in [0.05, 0.1) is 13.2 Å². The summed E-state index contributed by atoms with van der Waals surface area (Å²) in [5.41, 5.74) is 4.23. The number of hydrogen-bond donors (Lipinski definition) is 3. The van der Waals surface area contributed by atoms with E-state index in [1.54, 1.807) is 20.8 Å². The molecule has 182 valence electrons. The maximum absolute atomic E-state index is 14.6. The van der Waals surface area contributed by atoms with Gasteiger partial charge in [-0.2, -0.15) is 13.8 Å². The molecule has 0 saturated carbocycles. The lowest BCUT2D eigenvalue weighted by atomic mass is 10.0. The molecule has 0 spiro atoms. The van der Waals surface area contributed by atoms with Crippen molar-refractivity contribution in [1.29, 1.82) is 0 Å². The number of halogens is 2. The Kier molecular flexibility index (Phi) is 8.85. The molecule has 1 aliphatic rings. The van der Waals surface area contributed by atoms with Crippen molar-refractivity contribution in [3.63, 3.8) is 0 Å². The van der Waals surface area contributed by atoms with Gasteiger partial charge in [-0.05, 0) is 25.3 Å². The molecule has 0 aromatic carbocycles. The summed E-state index contributed by atoms with van der Waals surface area (Å²) in [6, 6.07) is -0.183. The summed E-state index contributed by atoms with van der Waals surface area (Å²) in [6.45, 7) is 4.26. The fraction of sp³-hybridized carbons (Fsp3) is 0.706. The van der Waals surface area contributed by atoms with Gasteiger partial charge in [-0.3, -0.25) is 18.8 Å². The highest BCUT2D eigenvalue weighted by atomic mass is 31.1. The van der Waals surface area contributed by atoms with Gasteiger partial charge < -0.3 is 25.2 Å². The van der Waals surface area contributed by atoms with Crippen LogP contribution in [0.3, 0.4) is 0 Å². The van der Waals surface area contributed by atoms with E-state index in [1.165, 1.54) is 0 Å². The van der Waals surface area contributed by atoms with Gasteiger partial charge in [-0.25, -0.2) is 4.79 Å². The van der Waals surface area contributed by atoms with Gasteiger partial charge >= 0.3 is 17.6 Å². The molecule has 0 amide bonds. The molecule has 12 nitrogen and oxygen atoms in total. The van der Waals surface area contributed by atoms with Gasteiger partial charge in [0.2, 0.25) is 6.23 Å². The van der Waals surface area contributed by atoms with Crippen molar-refractivity contribution in [2.75, 3.05) is 18.9 Å². The topological polar surface area (TPSA) is 166 Å². The number of anilines is 1. The van der Waals surface area contributed by atoms with E-state index in [9.17, 15) is 32.9 Å². The van der Waals surface area contributed by atoms with Crippen LogP contribution in [0.5, 0.6) is 0 Å².